The van der Waals surface area contributed by atoms with E-state index in [-0.39, 0.29) is 24.0 Å². The van der Waals surface area contributed by atoms with Crippen LogP contribution >= 0.6 is 0 Å². The van der Waals surface area contributed by atoms with Gasteiger partial charge in [-0.3, -0.25) is 19.7 Å². The molecule has 0 aromatic carbocycles. The Morgan fingerprint density at radius 2 is 2.24 bits per heavy atom. The number of carbonyl (C=O) groups is 2. The number of furan rings is 1. The molecule has 1 aromatic rings. The Balaban J connectivity index is 1.97. The van der Waals surface area contributed by atoms with E-state index in [4.69, 9.17) is 9.52 Å². The van der Waals surface area contributed by atoms with Gasteiger partial charge in [0.25, 0.3) is 5.91 Å². The minimum atomic E-state index is -0.847. The number of rotatable bonds is 5. The highest BCUT2D eigenvalue weighted by atomic mass is 16.6. The maximum atomic E-state index is 12.2. The van der Waals surface area contributed by atoms with Crippen LogP contribution < -0.4 is 0 Å². The first-order chi connectivity index (χ1) is 9.97. The topological polar surface area (TPSA) is 114 Å². The van der Waals surface area contributed by atoms with Crippen molar-refractivity contribution in [2.45, 2.75) is 25.7 Å². The van der Waals surface area contributed by atoms with Crippen molar-refractivity contribution in [2.75, 3.05) is 13.1 Å². The van der Waals surface area contributed by atoms with Crippen LogP contribution in [0, 0.1) is 16.0 Å². The van der Waals surface area contributed by atoms with Crippen LogP contribution in [0.5, 0.6) is 0 Å². The molecule has 8 heteroatoms. The van der Waals surface area contributed by atoms with Crippen molar-refractivity contribution in [1.82, 2.24) is 4.90 Å². The van der Waals surface area contributed by atoms with Gasteiger partial charge in [0.15, 0.2) is 5.76 Å². The molecule has 1 unspecified atom stereocenters. The van der Waals surface area contributed by atoms with Crippen LogP contribution in [-0.2, 0) is 4.79 Å². The largest absolute Gasteiger partial charge is 0.481 e. The molecular formula is C13H16N2O6. The Labute approximate surface area is 120 Å². The number of nitrogens with zero attached hydrogens (tertiary/aromatic N) is 2. The van der Waals surface area contributed by atoms with Crippen molar-refractivity contribution in [3.8, 4) is 0 Å². The Bertz CT molecular complexity index is 553. The summed E-state index contributed by atoms with van der Waals surface area (Å²) in [5.74, 6) is -1.61. The van der Waals surface area contributed by atoms with E-state index in [1.165, 1.54) is 6.07 Å². The first kappa shape index (κ1) is 15.0. The average Bonchev–Trinajstić information content (AvgIpc) is 2.94. The zero-order chi connectivity index (χ0) is 15.4. The molecule has 1 aliphatic heterocycles. The van der Waals surface area contributed by atoms with Gasteiger partial charge in [0.1, 0.15) is 4.92 Å². The van der Waals surface area contributed by atoms with E-state index >= 15 is 0 Å². The van der Waals surface area contributed by atoms with Crippen LogP contribution in [0.4, 0.5) is 5.88 Å². The molecule has 1 aliphatic rings. The van der Waals surface area contributed by atoms with Crippen molar-refractivity contribution >= 4 is 17.8 Å². The minimum absolute atomic E-state index is 0.0550. The molecule has 21 heavy (non-hydrogen) atoms. The van der Waals surface area contributed by atoms with E-state index in [9.17, 15) is 19.7 Å². The highest BCUT2D eigenvalue weighted by molar-refractivity contribution is 5.91. The Morgan fingerprint density at radius 1 is 1.48 bits per heavy atom. The van der Waals surface area contributed by atoms with Crippen LogP contribution in [0.2, 0.25) is 0 Å². The number of carboxylic acids is 1. The molecule has 0 bridgehead atoms. The van der Waals surface area contributed by atoms with Gasteiger partial charge in [-0.05, 0) is 31.2 Å². The highest BCUT2D eigenvalue weighted by Crippen LogP contribution is 2.24. The van der Waals surface area contributed by atoms with E-state index in [0.29, 0.717) is 19.5 Å². The summed E-state index contributed by atoms with van der Waals surface area (Å²) < 4.78 is 4.91. The van der Waals surface area contributed by atoms with Gasteiger partial charge >= 0.3 is 11.9 Å². The van der Waals surface area contributed by atoms with Gasteiger partial charge < -0.3 is 14.4 Å². The van der Waals surface area contributed by atoms with Crippen molar-refractivity contribution in [1.29, 1.82) is 0 Å². The molecule has 1 atom stereocenters. The third-order valence-electron chi connectivity index (χ3n) is 3.56. The molecule has 0 radical (unpaired) electrons. The molecule has 1 aromatic heterocycles. The van der Waals surface area contributed by atoms with Crippen LogP contribution in [0.25, 0.3) is 0 Å². The lowest BCUT2D eigenvalue weighted by Gasteiger charge is -2.32. The fourth-order valence-electron chi connectivity index (χ4n) is 2.51. The third kappa shape index (κ3) is 3.80. The number of piperidine rings is 1. The number of hydrogen-bond donors (Lipinski definition) is 1. The second kappa shape index (κ2) is 6.38. The number of carboxylic acid groups (broad SMARTS) is 1. The number of amides is 1. The lowest BCUT2D eigenvalue weighted by molar-refractivity contribution is -0.402. The molecular weight excluding hydrogens is 280 g/mol. The van der Waals surface area contributed by atoms with Crippen LogP contribution in [0.3, 0.4) is 0 Å². The Kier molecular flexibility index (Phi) is 4.56. The van der Waals surface area contributed by atoms with E-state index in [2.05, 4.69) is 0 Å². The summed E-state index contributed by atoms with van der Waals surface area (Å²) in [6, 6.07) is 2.44. The molecule has 2 rings (SSSR count). The SMILES string of the molecule is O=C(O)CCC1CCCN(C(=O)c2ccc([N+](=O)[O-])o2)C1. The van der Waals surface area contributed by atoms with E-state index in [1.807, 2.05) is 0 Å². The molecule has 0 aliphatic carbocycles. The summed E-state index contributed by atoms with van der Waals surface area (Å²) in [6.07, 6.45) is 2.28. The van der Waals surface area contributed by atoms with Gasteiger partial charge in [0.2, 0.25) is 0 Å². The van der Waals surface area contributed by atoms with Gasteiger partial charge in [0.05, 0.1) is 6.07 Å². The predicted octanol–water partition coefficient (Wildman–Crippen LogP) is 1.90. The van der Waals surface area contributed by atoms with Crippen molar-refractivity contribution in [2.24, 2.45) is 5.92 Å². The first-order valence-electron chi connectivity index (χ1n) is 6.72. The van der Waals surface area contributed by atoms with E-state index < -0.39 is 16.8 Å². The van der Waals surface area contributed by atoms with E-state index in [0.717, 1.165) is 18.9 Å². The number of hydrogen-bond acceptors (Lipinski definition) is 5. The molecule has 0 saturated carbocycles. The number of carbonyl (C=O) groups excluding carboxylic acids is 1. The Morgan fingerprint density at radius 3 is 2.86 bits per heavy atom. The minimum Gasteiger partial charge on any atom is -0.481 e. The third-order valence-corrected chi connectivity index (χ3v) is 3.56. The van der Waals surface area contributed by atoms with Crippen molar-refractivity contribution < 1.29 is 24.0 Å². The Hall–Kier alpha value is -2.38. The molecule has 1 N–H and O–H groups in total. The average molecular weight is 296 g/mol. The van der Waals surface area contributed by atoms with Gasteiger partial charge in [-0.15, -0.1) is 0 Å². The zero-order valence-electron chi connectivity index (χ0n) is 11.4. The van der Waals surface area contributed by atoms with E-state index in [1.54, 1.807) is 4.90 Å². The standard InChI is InChI=1S/C13H16N2O6/c16-12(17)6-3-9-2-1-7-14(8-9)13(18)10-4-5-11(21-10)15(19)20/h4-5,9H,1-3,6-8H2,(H,16,17). The normalized spacial score (nSPS) is 18.5. The number of aliphatic carboxylic acids is 1. The maximum Gasteiger partial charge on any atom is 0.433 e. The smallest absolute Gasteiger partial charge is 0.433 e. The van der Waals surface area contributed by atoms with Gasteiger partial charge in [-0.2, -0.15) is 0 Å². The molecule has 1 fully saturated rings. The molecule has 1 amide bonds. The lowest BCUT2D eigenvalue weighted by Crippen LogP contribution is -2.39. The molecule has 8 nitrogen and oxygen atoms in total. The highest BCUT2D eigenvalue weighted by Gasteiger charge is 2.27. The van der Waals surface area contributed by atoms with Crippen LogP contribution in [0.1, 0.15) is 36.2 Å². The van der Waals surface area contributed by atoms with Crippen LogP contribution in [0.15, 0.2) is 16.5 Å². The molecule has 114 valence electrons. The molecule has 2 heterocycles. The van der Waals surface area contributed by atoms with Gasteiger partial charge in [-0.1, -0.05) is 0 Å². The first-order valence-corrected chi connectivity index (χ1v) is 6.72. The summed E-state index contributed by atoms with van der Waals surface area (Å²) in [5, 5.41) is 19.2. The maximum absolute atomic E-state index is 12.2. The van der Waals surface area contributed by atoms with Gasteiger partial charge in [-0.25, -0.2) is 0 Å². The fourth-order valence-corrected chi connectivity index (χ4v) is 2.51. The number of likely N-dealkylation sites (tertiary alicyclic amines) is 1. The molecule has 1 saturated heterocycles. The molecule has 0 spiro atoms. The summed E-state index contributed by atoms with van der Waals surface area (Å²) in [5.41, 5.74) is 0. The van der Waals surface area contributed by atoms with Crippen LogP contribution in [-0.4, -0.2) is 39.9 Å². The monoisotopic (exact) mass is 296 g/mol. The zero-order valence-corrected chi connectivity index (χ0v) is 11.4. The quantitative estimate of drug-likeness (QED) is 0.655. The van der Waals surface area contributed by atoms with Crippen molar-refractivity contribution in [3.63, 3.8) is 0 Å². The second-order valence-electron chi connectivity index (χ2n) is 5.09. The fraction of sp³-hybridized carbons (Fsp3) is 0.538. The van der Waals surface area contributed by atoms with Crippen molar-refractivity contribution in [3.05, 3.63) is 28.0 Å². The number of nitro groups is 1. The second-order valence-corrected chi connectivity index (χ2v) is 5.09. The summed E-state index contributed by atoms with van der Waals surface area (Å²) in [7, 11) is 0. The predicted molar refractivity (Wildman–Crippen MR) is 70.9 cm³/mol. The summed E-state index contributed by atoms with van der Waals surface area (Å²) in [6.45, 7) is 1.01. The summed E-state index contributed by atoms with van der Waals surface area (Å²) >= 11 is 0. The summed E-state index contributed by atoms with van der Waals surface area (Å²) in [4.78, 5) is 34.2. The van der Waals surface area contributed by atoms with Gasteiger partial charge in [0, 0.05) is 19.5 Å². The lowest BCUT2D eigenvalue weighted by atomic mass is 9.93.